The van der Waals surface area contributed by atoms with Gasteiger partial charge in [-0.05, 0) is 23.8 Å². The molecule has 0 heterocycles. The topological polar surface area (TPSA) is 50.7 Å². The van der Waals surface area contributed by atoms with Gasteiger partial charge in [-0.3, -0.25) is 0 Å². The van der Waals surface area contributed by atoms with Gasteiger partial charge in [0, 0.05) is 30.8 Å². The van der Waals surface area contributed by atoms with Crippen LogP contribution in [0.5, 0.6) is 17.2 Å². The molecule has 0 aliphatic heterocycles. The van der Waals surface area contributed by atoms with Crippen molar-refractivity contribution in [3.63, 3.8) is 0 Å². The molecule has 21 heavy (non-hydrogen) atoms. The van der Waals surface area contributed by atoms with Gasteiger partial charge >= 0.3 is 0 Å². The van der Waals surface area contributed by atoms with Crippen molar-refractivity contribution < 1.29 is 19.0 Å². The fourth-order valence-electron chi connectivity index (χ4n) is 2.07. The molecule has 4 nitrogen and oxygen atoms in total. The standard InChI is InChI=1S/C16H18FNO3/c1-20-15-4-3-12(16(8-15)21-2)10-18-9-11-5-13(17)7-14(19)6-11/h3-8,18-19H,9-10H2,1-2H3. The summed E-state index contributed by atoms with van der Waals surface area (Å²) < 4.78 is 23.6. The summed E-state index contributed by atoms with van der Waals surface area (Å²) in [4.78, 5) is 0. The molecule has 0 saturated carbocycles. The number of aromatic hydroxyl groups is 1. The zero-order chi connectivity index (χ0) is 15.2. The first-order valence-electron chi connectivity index (χ1n) is 6.52. The largest absolute Gasteiger partial charge is 0.508 e. The van der Waals surface area contributed by atoms with Crippen LogP contribution >= 0.6 is 0 Å². The second-order valence-electron chi connectivity index (χ2n) is 4.60. The average Bonchev–Trinajstić information content (AvgIpc) is 2.46. The third kappa shape index (κ3) is 4.10. The molecule has 2 aromatic rings. The minimum absolute atomic E-state index is 0.0752. The van der Waals surface area contributed by atoms with Crippen LogP contribution in [0.2, 0.25) is 0 Å². The van der Waals surface area contributed by atoms with E-state index in [4.69, 9.17) is 9.47 Å². The monoisotopic (exact) mass is 291 g/mol. The molecule has 112 valence electrons. The number of ether oxygens (including phenoxy) is 2. The Morgan fingerprint density at radius 3 is 2.52 bits per heavy atom. The van der Waals surface area contributed by atoms with E-state index in [9.17, 15) is 9.50 Å². The van der Waals surface area contributed by atoms with Crippen molar-refractivity contribution in [2.75, 3.05) is 14.2 Å². The summed E-state index contributed by atoms with van der Waals surface area (Å²) >= 11 is 0. The van der Waals surface area contributed by atoms with Crippen LogP contribution in [0.3, 0.4) is 0 Å². The van der Waals surface area contributed by atoms with Gasteiger partial charge in [0.15, 0.2) is 0 Å². The fourth-order valence-corrected chi connectivity index (χ4v) is 2.07. The van der Waals surface area contributed by atoms with Gasteiger partial charge in [0.1, 0.15) is 23.1 Å². The number of phenols is 1. The van der Waals surface area contributed by atoms with Gasteiger partial charge < -0.3 is 19.9 Å². The fraction of sp³-hybridized carbons (Fsp3) is 0.250. The number of benzene rings is 2. The molecule has 0 amide bonds. The molecule has 2 aromatic carbocycles. The summed E-state index contributed by atoms with van der Waals surface area (Å²) in [6.07, 6.45) is 0. The van der Waals surface area contributed by atoms with Crippen molar-refractivity contribution in [3.8, 4) is 17.2 Å². The van der Waals surface area contributed by atoms with Crippen molar-refractivity contribution in [1.29, 1.82) is 0 Å². The number of methoxy groups -OCH3 is 2. The van der Waals surface area contributed by atoms with Crippen molar-refractivity contribution in [3.05, 3.63) is 53.3 Å². The van der Waals surface area contributed by atoms with Gasteiger partial charge in [-0.25, -0.2) is 4.39 Å². The normalized spacial score (nSPS) is 10.4. The molecule has 0 aliphatic carbocycles. The quantitative estimate of drug-likeness (QED) is 0.859. The molecular formula is C16H18FNO3. The molecule has 0 fully saturated rings. The smallest absolute Gasteiger partial charge is 0.127 e. The molecule has 0 saturated heterocycles. The molecule has 0 unspecified atom stereocenters. The van der Waals surface area contributed by atoms with E-state index in [0.717, 1.165) is 23.1 Å². The minimum atomic E-state index is -0.450. The lowest BCUT2D eigenvalue weighted by Crippen LogP contribution is -2.13. The van der Waals surface area contributed by atoms with Crippen molar-refractivity contribution >= 4 is 0 Å². The summed E-state index contributed by atoms with van der Waals surface area (Å²) in [5.74, 6) is 0.928. The maximum atomic E-state index is 13.2. The molecule has 0 bridgehead atoms. The second-order valence-corrected chi connectivity index (χ2v) is 4.60. The van der Waals surface area contributed by atoms with Crippen LogP contribution in [-0.4, -0.2) is 19.3 Å². The van der Waals surface area contributed by atoms with Gasteiger partial charge in [0.2, 0.25) is 0 Å². The van der Waals surface area contributed by atoms with E-state index < -0.39 is 5.82 Å². The van der Waals surface area contributed by atoms with Crippen molar-refractivity contribution in [1.82, 2.24) is 5.32 Å². The Balaban J connectivity index is 1.99. The Hall–Kier alpha value is -2.27. The Kier molecular flexibility index (Phi) is 5.00. The summed E-state index contributed by atoms with van der Waals surface area (Å²) in [5, 5.41) is 12.5. The first-order chi connectivity index (χ1) is 10.1. The zero-order valence-electron chi connectivity index (χ0n) is 12.0. The van der Waals surface area contributed by atoms with Crippen LogP contribution in [0.15, 0.2) is 36.4 Å². The van der Waals surface area contributed by atoms with E-state index in [1.807, 2.05) is 18.2 Å². The second kappa shape index (κ2) is 6.95. The highest BCUT2D eigenvalue weighted by molar-refractivity contribution is 5.40. The molecule has 2 N–H and O–H groups in total. The molecule has 2 rings (SSSR count). The Bertz CT molecular complexity index is 596. The number of hydrogen-bond acceptors (Lipinski definition) is 4. The molecule has 0 aliphatic rings. The van der Waals surface area contributed by atoms with Crippen LogP contribution in [0.4, 0.5) is 4.39 Å². The summed E-state index contributed by atoms with van der Waals surface area (Å²) in [5.41, 5.74) is 1.65. The Morgan fingerprint density at radius 1 is 1.05 bits per heavy atom. The van der Waals surface area contributed by atoms with Gasteiger partial charge in [-0.15, -0.1) is 0 Å². The Labute approximate surface area is 123 Å². The van der Waals surface area contributed by atoms with E-state index in [0.29, 0.717) is 18.7 Å². The van der Waals surface area contributed by atoms with E-state index >= 15 is 0 Å². The maximum Gasteiger partial charge on any atom is 0.127 e. The lowest BCUT2D eigenvalue weighted by Gasteiger charge is -2.11. The molecule has 0 aromatic heterocycles. The third-order valence-electron chi connectivity index (χ3n) is 3.08. The molecule has 5 heteroatoms. The highest BCUT2D eigenvalue weighted by atomic mass is 19.1. The van der Waals surface area contributed by atoms with Crippen molar-refractivity contribution in [2.45, 2.75) is 13.1 Å². The van der Waals surface area contributed by atoms with Gasteiger partial charge in [-0.1, -0.05) is 6.07 Å². The summed E-state index contributed by atoms with van der Waals surface area (Å²) in [6.45, 7) is 1.00. The van der Waals surface area contributed by atoms with E-state index in [-0.39, 0.29) is 5.75 Å². The van der Waals surface area contributed by atoms with Crippen molar-refractivity contribution in [2.24, 2.45) is 0 Å². The van der Waals surface area contributed by atoms with Crippen LogP contribution in [0.25, 0.3) is 0 Å². The average molecular weight is 291 g/mol. The lowest BCUT2D eigenvalue weighted by atomic mass is 10.1. The van der Waals surface area contributed by atoms with E-state index in [1.165, 1.54) is 12.1 Å². The lowest BCUT2D eigenvalue weighted by molar-refractivity contribution is 0.389. The third-order valence-corrected chi connectivity index (χ3v) is 3.08. The number of nitrogens with one attached hydrogen (secondary N) is 1. The van der Waals surface area contributed by atoms with Crippen LogP contribution in [0, 0.1) is 5.82 Å². The SMILES string of the molecule is COc1ccc(CNCc2cc(O)cc(F)c2)c(OC)c1. The van der Waals surface area contributed by atoms with Gasteiger partial charge in [-0.2, -0.15) is 0 Å². The maximum absolute atomic E-state index is 13.2. The summed E-state index contributed by atoms with van der Waals surface area (Å²) in [6, 6.07) is 9.57. The van der Waals surface area contributed by atoms with Crippen LogP contribution in [-0.2, 0) is 13.1 Å². The van der Waals surface area contributed by atoms with Gasteiger partial charge in [0.25, 0.3) is 0 Å². The highest BCUT2D eigenvalue weighted by Crippen LogP contribution is 2.24. The number of hydrogen-bond donors (Lipinski definition) is 2. The Morgan fingerprint density at radius 2 is 1.86 bits per heavy atom. The zero-order valence-corrected chi connectivity index (χ0v) is 12.0. The number of halogens is 1. The minimum Gasteiger partial charge on any atom is -0.508 e. The number of rotatable bonds is 6. The van der Waals surface area contributed by atoms with Crippen LogP contribution in [0.1, 0.15) is 11.1 Å². The molecule has 0 radical (unpaired) electrons. The number of phenolic OH excluding ortho intramolecular Hbond substituents is 1. The highest BCUT2D eigenvalue weighted by Gasteiger charge is 2.05. The van der Waals surface area contributed by atoms with Gasteiger partial charge in [0.05, 0.1) is 14.2 Å². The first-order valence-corrected chi connectivity index (χ1v) is 6.52. The predicted molar refractivity (Wildman–Crippen MR) is 78.2 cm³/mol. The summed E-state index contributed by atoms with van der Waals surface area (Å²) in [7, 11) is 3.20. The van der Waals surface area contributed by atoms with E-state index in [1.54, 1.807) is 14.2 Å². The molecule has 0 atom stereocenters. The first kappa shape index (κ1) is 15.1. The predicted octanol–water partition coefficient (Wildman–Crippen LogP) is 2.84. The van der Waals surface area contributed by atoms with E-state index in [2.05, 4.69) is 5.32 Å². The molecule has 0 spiro atoms. The van der Waals surface area contributed by atoms with Crippen LogP contribution < -0.4 is 14.8 Å². The molecular weight excluding hydrogens is 273 g/mol.